The molecule has 1 aromatic rings. The van der Waals surface area contributed by atoms with E-state index in [4.69, 9.17) is 4.74 Å². The number of hydrogen-bond acceptors (Lipinski definition) is 9. The molecule has 1 saturated heterocycles. The lowest BCUT2D eigenvalue weighted by Gasteiger charge is -2.37. The third-order valence-electron chi connectivity index (χ3n) is 6.76. The van der Waals surface area contributed by atoms with Crippen molar-refractivity contribution in [3.05, 3.63) is 35.4 Å². The van der Waals surface area contributed by atoms with E-state index in [1.54, 1.807) is 9.80 Å². The first-order valence-corrected chi connectivity index (χ1v) is 13.5. The standard InChI is InChI=1S/C28H44N4O8/c1-28(2,3)15-23-6-4-22(5-7-23)14-24-16-31(18-26(36)37)11-10-30(20-40-21-33)9-8-29(17-25(34)35)12-13-32(24)19-27(38)39/h4-7,21,24H,8-20H2,1-3H3,(H,34,35)(H,36,37)(H,38,39). The lowest BCUT2D eigenvalue weighted by Crippen LogP contribution is -2.53. The second-order valence-corrected chi connectivity index (χ2v) is 11.6. The summed E-state index contributed by atoms with van der Waals surface area (Å²) in [6.45, 7) is 8.53. The van der Waals surface area contributed by atoms with Crippen LogP contribution in [0.3, 0.4) is 0 Å². The van der Waals surface area contributed by atoms with Crippen LogP contribution in [0.2, 0.25) is 0 Å². The number of aliphatic carboxylic acids is 3. The third kappa shape index (κ3) is 13.3. The van der Waals surface area contributed by atoms with E-state index in [1.807, 2.05) is 21.9 Å². The minimum absolute atomic E-state index is 0.000799. The van der Waals surface area contributed by atoms with Crippen molar-refractivity contribution in [2.24, 2.45) is 5.41 Å². The number of carbonyl (C=O) groups excluding carboxylic acids is 1. The maximum Gasteiger partial charge on any atom is 0.317 e. The largest absolute Gasteiger partial charge is 0.480 e. The van der Waals surface area contributed by atoms with Gasteiger partial charge < -0.3 is 20.1 Å². The van der Waals surface area contributed by atoms with Gasteiger partial charge >= 0.3 is 17.9 Å². The molecule has 0 saturated carbocycles. The quantitative estimate of drug-likeness (QED) is 0.308. The van der Waals surface area contributed by atoms with E-state index < -0.39 is 17.9 Å². The fourth-order valence-electron chi connectivity index (χ4n) is 4.95. The molecule has 2 rings (SSSR count). The minimum Gasteiger partial charge on any atom is -0.480 e. The highest BCUT2D eigenvalue weighted by atomic mass is 16.5. The summed E-state index contributed by atoms with van der Waals surface area (Å²) in [7, 11) is 0. The van der Waals surface area contributed by atoms with Crippen LogP contribution in [0.25, 0.3) is 0 Å². The van der Waals surface area contributed by atoms with Gasteiger partial charge in [-0.15, -0.1) is 0 Å². The zero-order chi connectivity index (χ0) is 29.7. The van der Waals surface area contributed by atoms with E-state index in [9.17, 15) is 34.5 Å². The molecule has 0 aliphatic carbocycles. The van der Waals surface area contributed by atoms with Crippen LogP contribution < -0.4 is 0 Å². The van der Waals surface area contributed by atoms with Crippen LogP contribution in [0.4, 0.5) is 0 Å². The van der Waals surface area contributed by atoms with Crippen molar-refractivity contribution in [3.63, 3.8) is 0 Å². The molecule has 1 atom stereocenters. The SMILES string of the molecule is CC(C)(C)Cc1ccc(CC2CN(CC(=O)O)CCN(COC=O)CCN(CC(=O)O)CCN2CC(=O)O)cc1. The van der Waals surface area contributed by atoms with Crippen LogP contribution in [-0.4, -0.2) is 138 Å². The minimum atomic E-state index is -1.01. The highest BCUT2D eigenvalue weighted by Crippen LogP contribution is 2.21. The van der Waals surface area contributed by atoms with Gasteiger partial charge in [-0.3, -0.25) is 38.8 Å². The highest BCUT2D eigenvalue weighted by Gasteiger charge is 2.27. The van der Waals surface area contributed by atoms with E-state index in [0.29, 0.717) is 52.2 Å². The molecule has 1 fully saturated rings. The lowest BCUT2D eigenvalue weighted by atomic mass is 9.87. The summed E-state index contributed by atoms with van der Waals surface area (Å²) < 4.78 is 4.93. The van der Waals surface area contributed by atoms with Gasteiger partial charge in [-0.1, -0.05) is 45.0 Å². The molecule has 224 valence electrons. The summed E-state index contributed by atoms with van der Waals surface area (Å²) in [6.07, 6.45) is 1.41. The zero-order valence-corrected chi connectivity index (χ0v) is 23.8. The average Bonchev–Trinajstić information content (AvgIpc) is 2.83. The maximum atomic E-state index is 11.9. The van der Waals surface area contributed by atoms with Crippen molar-refractivity contribution < 1.29 is 39.2 Å². The van der Waals surface area contributed by atoms with E-state index in [2.05, 4.69) is 32.9 Å². The molecule has 1 aliphatic rings. The molecule has 0 spiro atoms. The Morgan fingerprint density at radius 3 is 1.85 bits per heavy atom. The number of carboxylic acids is 3. The Labute approximate surface area is 236 Å². The Bertz CT molecular complexity index is 966. The van der Waals surface area contributed by atoms with Crippen molar-refractivity contribution in [1.29, 1.82) is 0 Å². The summed E-state index contributed by atoms with van der Waals surface area (Å²) in [5, 5.41) is 28.7. The molecule has 3 N–H and O–H groups in total. The fraction of sp³-hybridized carbons (Fsp3) is 0.643. The predicted octanol–water partition coefficient (Wildman–Crippen LogP) is 0.792. The van der Waals surface area contributed by atoms with Crippen LogP contribution in [0.15, 0.2) is 24.3 Å². The van der Waals surface area contributed by atoms with Crippen molar-refractivity contribution in [3.8, 4) is 0 Å². The number of ether oxygens (including phenoxy) is 1. The van der Waals surface area contributed by atoms with E-state index in [1.165, 1.54) is 5.56 Å². The number of carboxylic acid groups (broad SMARTS) is 3. The van der Waals surface area contributed by atoms with Gasteiger partial charge in [0, 0.05) is 51.9 Å². The molecule has 1 heterocycles. The lowest BCUT2D eigenvalue weighted by molar-refractivity contribution is -0.141. The molecule has 1 aromatic carbocycles. The summed E-state index contributed by atoms with van der Waals surface area (Å²) in [5.41, 5.74) is 2.34. The molecule has 0 amide bonds. The van der Waals surface area contributed by atoms with Crippen LogP contribution in [0.1, 0.15) is 31.9 Å². The van der Waals surface area contributed by atoms with Crippen LogP contribution in [0.5, 0.6) is 0 Å². The Kier molecular flexibility index (Phi) is 13.5. The van der Waals surface area contributed by atoms with Gasteiger partial charge in [0.1, 0.15) is 6.73 Å². The van der Waals surface area contributed by atoms with E-state index in [0.717, 1.165) is 12.0 Å². The summed E-state index contributed by atoms with van der Waals surface area (Å²) in [4.78, 5) is 53.1. The third-order valence-corrected chi connectivity index (χ3v) is 6.76. The molecule has 1 aliphatic heterocycles. The highest BCUT2D eigenvalue weighted by molar-refractivity contribution is 5.70. The Morgan fingerprint density at radius 1 is 0.800 bits per heavy atom. The maximum absolute atomic E-state index is 11.9. The van der Waals surface area contributed by atoms with Crippen molar-refractivity contribution in [2.75, 3.05) is 72.2 Å². The van der Waals surface area contributed by atoms with Gasteiger partial charge in [-0.25, -0.2) is 0 Å². The van der Waals surface area contributed by atoms with Gasteiger partial charge in [0.25, 0.3) is 6.47 Å². The summed E-state index contributed by atoms with van der Waals surface area (Å²) >= 11 is 0. The second kappa shape index (κ2) is 16.3. The fourth-order valence-corrected chi connectivity index (χ4v) is 4.95. The van der Waals surface area contributed by atoms with E-state index in [-0.39, 0.29) is 44.4 Å². The number of hydrogen-bond donors (Lipinski definition) is 3. The van der Waals surface area contributed by atoms with Crippen LogP contribution >= 0.6 is 0 Å². The topological polar surface area (TPSA) is 151 Å². The van der Waals surface area contributed by atoms with Gasteiger partial charge in [-0.2, -0.15) is 0 Å². The predicted molar refractivity (Wildman–Crippen MR) is 148 cm³/mol. The van der Waals surface area contributed by atoms with E-state index >= 15 is 0 Å². The molecule has 0 bridgehead atoms. The van der Waals surface area contributed by atoms with Crippen LogP contribution in [0, 0.1) is 5.41 Å². The molecule has 0 radical (unpaired) electrons. The molecule has 12 heteroatoms. The van der Waals surface area contributed by atoms with Gasteiger partial charge in [0.15, 0.2) is 0 Å². The Morgan fingerprint density at radius 2 is 1.30 bits per heavy atom. The van der Waals surface area contributed by atoms with Crippen molar-refractivity contribution in [2.45, 2.75) is 39.7 Å². The number of carbonyl (C=O) groups is 4. The number of nitrogens with zero attached hydrogens (tertiary/aromatic N) is 4. The Balaban J connectivity index is 2.38. The average molecular weight is 565 g/mol. The van der Waals surface area contributed by atoms with Crippen LogP contribution in [-0.2, 0) is 36.8 Å². The second-order valence-electron chi connectivity index (χ2n) is 11.6. The van der Waals surface area contributed by atoms with Gasteiger partial charge in [0.05, 0.1) is 19.6 Å². The van der Waals surface area contributed by atoms with Crippen molar-refractivity contribution >= 4 is 24.4 Å². The molecular formula is C28H44N4O8. The molecule has 12 nitrogen and oxygen atoms in total. The molecule has 0 aromatic heterocycles. The molecular weight excluding hydrogens is 520 g/mol. The van der Waals surface area contributed by atoms with Gasteiger partial charge in [-0.05, 0) is 29.4 Å². The first kappa shape index (κ1) is 33.1. The van der Waals surface area contributed by atoms with Gasteiger partial charge in [0.2, 0.25) is 0 Å². The molecule has 40 heavy (non-hydrogen) atoms. The number of benzene rings is 1. The summed E-state index contributed by atoms with van der Waals surface area (Å²) in [6, 6.07) is 7.88. The first-order chi connectivity index (χ1) is 18.8. The Hall–Kier alpha value is -3.06. The first-order valence-electron chi connectivity index (χ1n) is 13.5. The summed E-state index contributed by atoms with van der Waals surface area (Å²) in [5.74, 6) is -3.00. The molecule has 1 unspecified atom stereocenters. The number of rotatable bonds is 12. The smallest absolute Gasteiger partial charge is 0.317 e. The normalized spacial score (nSPS) is 19.3. The monoisotopic (exact) mass is 564 g/mol. The zero-order valence-electron chi connectivity index (χ0n) is 23.8. The van der Waals surface area contributed by atoms with Crippen molar-refractivity contribution in [1.82, 2.24) is 19.6 Å².